The molecule has 0 radical (unpaired) electrons. The van der Waals surface area contributed by atoms with Gasteiger partial charge in [0.15, 0.2) is 5.82 Å². The first-order valence-corrected chi connectivity index (χ1v) is 7.38. The number of urea groups is 1. The Labute approximate surface area is 133 Å². The van der Waals surface area contributed by atoms with Gasteiger partial charge in [0.1, 0.15) is 17.3 Å². The average Bonchev–Trinajstić information content (AvgIpc) is 3.28. The number of hydrogen-bond acceptors (Lipinski definition) is 5. The molecule has 23 heavy (non-hydrogen) atoms. The van der Waals surface area contributed by atoms with Gasteiger partial charge < -0.3 is 19.3 Å². The molecule has 3 rings (SSSR count). The Morgan fingerprint density at radius 3 is 2.57 bits per heavy atom. The van der Waals surface area contributed by atoms with Crippen molar-refractivity contribution >= 4 is 17.5 Å². The summed E-state index contributed by atoms with van der Waals surface area (Å²) in [4.78, 5) is 12.1. The number of carbonyl (C=O) groups is 1. The van der Waals surface area contributed by atoms with Crippen LogP contribution in [-0.2, 0) is 0 Å². The van der Waals surface area contributed by atoms with Crippen LogP contribution in [0.25, 0.3) is 0 Å². The van der Waals surface area contributed by atoms with E-state index in [0.29, 0.717) is 28.9 Å². The van der Waals surface area contributed by atoms with E-state index in [2.05, 4.69) is 15.8 Å². The van der Waals surface area contributed by atoms with Gasteiger partial charge in [0, 0.05) is 18.1 Å². The summed E-state index contributed by atoms with van der Waals surface area (Å²) in [6.07, 6.45) is 2.23. The molecule has 2 aromatic rings. The van der Waals surface area contributed by atoms with Gasteiger partial charge in [-0.3, -0.25) is 5.32 Å². The lowest BCUT2D eigenvalue weighted by Crippen LogP contribution is -2.20. The number of aromatic nitrogens is 1. The van der Waals surface area contributed by atoms with Crippen molar-refractivity contribution in [2.75, 3.05) is 24.9 Å². The highest BCUT2D eigenvalue weighted by atomic mass is 16.5. The minimum atomic E-state index is -0.413. The zero-order valence-corrected chi connectivity index (χ0v) is 13.3. The summed E-state index contributed by atoms with van der Waals surface area (Å²) in [5.74, 6) is 2.87. The van der Waals surface area contributed by atoms with Gasteiger partial charge in [-0.25, -0.2) is 4.79 Å². The smallest absolute Gasteiger partial charge is 0.325 e. The second-order valence-electron chi connectivity index (χ2n) is 5.49. The first-order valence-electron chi connectivity index (χ1n) is 7.38. The van der Waals surface area contributed by atoms with Crippen LogP contribution in [0, 0.1) is 6.92 Å². The van der Waals surface area contributed by atoms with Crippen molar-refractivity contribution in [3.63, 3.8) is 0 Å². The number of amides is 2. The molecular weight excluding hydrogens is 298 g/mol. The Bertz CT molecular complexity index is 722. The molecular formula is C16H19N3O4. The molecule has 0 bridgehead atoms. The second-order valence-corrected chi connectivity index (χ2v) is 5.49. The second kappa shape index (κ2) is 6.20. The zero-order valence-electron chi connectivity index (χ0n) is 13.3. The number of benzene rings is 1. The highest BCUT2D eigenvalue weighted by molar-refractivity contribution is 6.00. The topological polar surface area (TPSA) is 85.6 Å². The van der Waals surface area contributed by atoms with E-state index in [1.807, 2.05) is 6.92 Å². The first-order chi connectivity index (χ1) is 11.1. The SMILES string of the molecule is COc1cc(OC)c(NC(=O)Nc2cc(C3CC3)on2)cc1C. The van der Waals surface area contributed by atoms with Crippen LogP contribution < -0.4 is 20.1 Å². The third-order valence-corrected chi connectivity index (χ3v) is 3.71. The standard InChI is InChI=1S/C16H19N3O4/c1-9-6-11(14(22-3)7-12(9)21-2)17-16(20)18-15-8-13(23-19-15)10-4-5-10/h6-8,10H,4-5H2,1-3H3,(H2,17,18,19,20). The fourth-order valence-electron chi connectivity index (χ4n) is 2.33. The van der Waals surface area contributed by atoms with Gasteiger partial charge in [-0.05, 0) is 31.4 Å². The molecule has 1 aliphatic rings. The van der Waals surface area contributed by atoms with E-state index >= 15 is 0 Å². The van der Waals surface area contributed by atoms with E-state index in [4.69, 9.17) is 14.0 Å². The zero-order chi connectivity index (χ0) is 16.4. The third kappa shape index (κ3) is 3.39. The predicted octanol–water partition coefficient (Wildman–Crippen LogP) is 3.52. The summed E-state index contributed by atoms with van der Waals surface area (Å²) in [5.41, 5.74) is 1.44. The van der Waals surface area contributed by atoms with E-state index < -0.39 is 6.03 Å². The lowest BCUT2D eigenvalue weighted by Gasteiger charge is -2.13. The molecule has 122 valence electrons. The average molecular weight is 317 g/mol. The van der Waals surface area contributed by atoms with Crippen molar-refractivity contribution < 1.29 is 18.8 Å². The number of hydrogen-bond donors (Lipinski definition) is 2. The summed E-state index contributed by atoms with van der Waals surface area (Å²) in [7, 11) is 3.12. The minimum Gasteiger partial charge on any atom is -0.496 e. The number of rotatable bonds is 5. The molecule has 1 saturated carbocycles. The van der Waals surface area contributed by atoms with Gasteiger partial charge in [-0.1, -0.05) is 5.16 Å². The molecule has 1 aliphatic carbocycles. The Kier molecular flexibility index (Phi) is 4.10. The van der Waals surface area contributed by atoms with E-state index in [9.17, 15) is 4.79 Å². The molecule has 0 aliphatic heterocycles. The number of ether oxygens (including phenoxy) is 2. The van der Waals surface area contributed by atoms with Gasteiger partial charge in [0.05, 0.1) is 19.9 Å². The highest BCUT2D eigenvalue weighted by Crippen LogP contribution is 2.40. The number of nitrogens with one attached hydrogen (secondary N) is 2. The van der Waals surface area contributed by atoms with Crippen LogP contribution >= 0.6 is 0 Å². The van der Waals surface area contributed by atoms with Crippen LogP contribution in [0.3, 0.4) is 0 Å². The van der Waals surface area contributed by atoms with Crippen LogP contribution in [0.5, 0.6) is 11.5 Å². The van der Waals surface area contributed by atoms with Crippen LogP contribution in [0.2, 0.25) is 0 Å². The molecule has 0 atom stereocenters. The molecule has 1 fully saturated rings. The number of nitrogens with zero attached hydrogens (tertiary/aromatic N) is 1. The molecule has 1 aromatic carbocycles. The number of aryl methyl sites for hydroxylation is 1. The van der Waals surface area contributed by atoms with Gasteiger partial charge in [-0.2, -0.15) is 0 Å². The van der Waals surface area contributed by atoms with Gasteiger partial charge in [0.25, 0.3) is 0 Å². The number of methoxy groups -OCH3 is 2. The number of anilines is 2. The van der Waals surface area contributed by atoms with E-state index in [1.165, 1.54) is 7.11 Å². The number of carbonyl (C=O) groups excluding carboxylic acids is 1. The maximum Gasteiger partial charge on any atom is 0.325 e. The van der Waals surface area contributed by atoms with Crippen molar-refractivity contribution in [2.45, 2.75) is 25.7 Å². The van der Waals surface area contributed by atoms with Crippen LogP contribution in [0.1, 0.15) is 30.1 Å². The van der Waals surface area contributed by atoms with Crippen molar-refractivity contribution in [3.05, 3.63) is 29.5 Å². The Hall–Kier alpha value is -2.70. The maximum atomic E-state index is 12.1. The lowest BCUT2D eigenvalue weighted by molar-refractivity contribution is 0.261. The summed E-state index contributed by atoms with van der Waals surface area (Å²) >= 11 is 0. The van der Waals surface area contributed by atoms with Crippen molar-refractivity contribution in [3.8, 4) is 11.5 Å². The third-order valence-electron chi connectivity index (χ3n) is 3.71. The monoisotopic (exact) mass is 317 g/mol. The van der Waals surface area contributed by atoms with Crippen molar-refractivity contribution in [2.24, 2.45) is 0 Å². The normalized spacial score (nSPS) is 13.5. The highest BCUT2D eigenvalue weighted by Gasteiger charge is 2.28. The summed E-state index contributed by atoms with van der Waals surface area (Å²) < 4.78 is 15.7. The molecule has 0 saturated heterocycles. The fraction of sp³-hybridized carbons (Fsp3) is 0.375. The molecule has 1 heterocycles. The summed E-state index contributed by atoms with van der Waals surface area (Å²) in [6, 6.07) is 4.86. The largest absolute Gasteiger partial charge is 0.496 e. The maximum absolute atomic E-state index is 12.1. The fourth-order valence-corrected chi connectivity index (χ4v) is 2.33. The Morgan fingerprint density at radius 1 is 1.17 bits per heavy atom. The summed E-state index contributed by atoms with van der Waals surface area (Å²) in [6.45, 7) is 1.89. The molecule has 0 spiro atoms. The van der Waals surface area contributed by atoms with Crippen LogP contribution in [0.15, 0.2) is 22.7 Å². The quantitative estimate of drug-likeness (QED) is 0.881. The van der Waals surface area contributed by atoms with Gasteiger partial charge >= 0.3 is 6.03 Å². The minimum absolute atomic E-state index is 0.397. The van der Waals surface area contributed by atoms with Crippen molar-refractivity contribution in [1.29, 1.82) is 0 Å². The lowest BCUT2D eigenvalue weighted by atomic mass is 10.2. The van der Waals surface area contributed by atoms with Crippen LogP contribution in [-0.4, -0.2) is 25.4 Å². The molecule has 2 N–H and O–H groups in total. The van der Waals surface area contributed by atoms with Gasteiger partial charge in [0.2, 0.25) is 0 Å². The first kappa shape index (κ1) is 15.2. The van der Waals surface area contributed by atoms with E-state index in [0.717, 1.165) is 24.2 Å². The summed E-state index contributed by atoms with van der Waals surface area (Å²) in [5, 5.41) is 9.24. The van der Waals surface area contributed by atoms with Crippen LogP contribution in [0.4, 0.5) is 16.3 Å². The Balaban J connectivity index is 1.70. The molecule has 7 nitrogen and oxygen atoms in total. The Morgan fingerprint density at radius 2 is 1.91 bits per heavy atom. The predicted molar refractivity (Wildman–Crippen MR) is 85.4 cm³/mol. The molecule has 0 unspecified atom stereocenters. The van der Waals surface area contributed by atoms with E-state index in [-0.39, 0.29) is 0 Å². The molecule has 1 aromatic heterocycles. The molecule has 7 heteroatoms. The van der Waals surface area contributed by atoms with Crippen molar-refractivity contribution in [1.82, 2.24) is 5.16 Å². The molecule has 2 amide bonds. The van der Waals surface area contributed by atoms with E-state index in [1.54, 1.807) is 25.3 Å². The van der Waals surface area contributed by atoms with Gasteiger partial charge in [-0.15, -0.1) is 0 Å².